The number of carbonyl (C=O) groups is 1. The molecular weight excluding hydrogens is 383 g/mol. The number of hydrogen-bond donors (Lipinski definition) is 1. The minimum atomic E-state index is -0.270. The number of anilines is 2. The number of nitrogens with one attached hydrogen (secondary N) is 1. The number of rotatable bonds is 5. The van der Waals surface area contributed by atoms with Crippen LogP contribution < -0.4 is 15.0 Å². The first-order valence-electron chi connectivity index (χ1n) is 7.96. The lowest BCUT2D eigenvalue weighted by Gasteiger charge is -2.21. The fourth-order valence-electron chi connectivity index (χ4n) is 2.76. The molecule has 1 saturated heterocycles. The second kappa shape index (κ2) is 8.17. The van der Waals surface area contributed by atoms with Crippen LogP contribution in [0.15, 0.2) is 36.4 Å². The van der Waals surface area contributed by atoms with Gasteiger partial charge in [-0.2, -0.15) is 0 Å². The molecule has 0 radical (unpaired) electrons. The Hall–Kier alpha value is -1.62. The third-order valence-corrected chi connectivity index (χ3v) is 4.98. The maximum Gasteiger partial charge on any atom is 0.262 e. The van der Waals surface area contributed by atoms with E-state index in [-0.39, 0.29) is 12.5 Å². The Balaban J connectivity index is 1.65. The van der Waals surface area contributed by atoms with Gasteiger partial charge in [0.2, 0.25) is 0 Å². The van der Waals surface area contributed by atoms with Crippen molar-refractivity contribution < 1.29 is 9.53 Å². The van der Waals surface area contributed by atoms with Crippen molar-refractivity contribution in [3.63, 3.8) is 0 Å². The zero-order valence-electron chi connectivity index (χ0n) is 13.4. The maximum atomic E-state index is 12.3. The van der Waals surface area contributed by atoms with Crippen LogP contribution in [0, 0.1) is 0 Å². The minimum Gasteiger partial charge on any atom is -0.482 e. The molecule has 7 heteroatoms. The number of benzene rings is 2. The summed E-state index contributed by atoms with van der Waals surface area (Å²) in [6.45, 7) is 1.83. The molecule has 1 amide bonds. The number of para-hydroxylation sites is 2. The van der Waals surface area contributed by atoms with E-state index in [9.17, 15) is 4.79 Å². The summed E-state index contributed by atoms with van der Waals surface area (Å²) in [4.78, 5) is 14.5. The fraction of sp³-hybridized carbons (Fsp3) is 0.278. The Morgan fingerprint density at radius 2 is 1.72 bits per heavy atom. The second-order valence-corrected chi connectivity index (χ2v) is 6.97. The molecule has 132 valence electrons. The van der Waals surface area contributed by atoms with E-state index >= 15 is 0 Å². The molecule has 4 nitrogen and oxygen atoms in total. The van der Waals surface area contributed by atoms with Crippen LogP contribution >= 0.6 is 34.8 Å². The Labute approximate surface area is 161 Å². The van der Waals surface area contributed by atoms with E-state index in [1.54, 1.807) is 0 Å². The summed E-state index contributed by atoms with van der Waals surface area (Å²) in [6.07, 6.45) is 2.34. The van der Waals surface area contributed by atoms with Gasteiger partial charge < -0.3 is 15.0 Å². The first kappa shape index (κ1) is 18.2. The van der Waals surface area contributed by atoms with E-state index in [0.717, 1.165) is 24.5 Å². The molecule has 25 heavy (non-hydrogen) atoms. The second-order valence-electron chi connectivity index (χ2n) is 5.74. The van der Waals surface area contributed by atoms with E-state index in [4.69, 9.17) is 39.5 Å². The molecule has 0 unspecified atom stereocenters. The quantitative estimate of drug-likeness (QED) is 0.697. The molecule has 0 bridgehead atoms. The molecule has 1 fully saturated rings. The van der Waals surface area contributed by atoms with Crippen molar-refractivity contribution in [1.29, 1.82) is 0 Å². The van der Waals surface area contributed by atoms with E-state index in [1.165, 1.54) is 25.0 Å². The predicted molar refractivity (Wildman–Crippen MR) is 103 cm³/mol. The van der Waals surface area contributed by atoms with E-state index in [0.29, 0.717) is 20.8 Å². The van der Waals surface area contributed by atoms with Crippen molar-refractivity contribution in [3.8, 4) is 5.75 Å². The summed E-state index contributed by atoms with van der Waals surface area (Å²) in [5, 5.41) is 3.86. The number of halogens is 3. The summed E-state index contributed by atoms with van der Waals surface area (Å²) in [5.41, 5.74) is 1.80. The average Bonchev–Trinajstić information content (AvgIpc) is 3.12. The zero-order chi connectivity index (χ0) is 17.8. The third kappa shape index (κ3) is 4.51. The minimum absolute atomic E-state index is 0.175. The number of amides is 1. The molecule has 1 aliphatic heterocycles. The van der Waals surface area contributed by atoms with E-state index in [2.05, 4.69) is 10.2 Å². The van der Waals surface area contributed by atoms with Crippen molar-refractivity contribution in [3.05, 3.63) is 51.5 Å². The standard InChI is InChI=1S/C18H17Cl3N2O2/c19-12-9-14(21)17(10-13(12)20)25-11-18(24)22-15-5-1-2-6-16(15)23-7-3-4-8-23/h1-2,5-6,9-10H,3-4,7-8,11H2,(H,22,24). The fourth-order valence-corrected chi connectivity index (χ4v) is 3.35. The highest BCUT2D eigenvalue weighted by Gasteiger charge is 2.17. The monoisotopic (exact) mass is 398 g/mol. The van der Waals surface area contributed by atoms with Crippen LogP contribution in [0.4, 0.5) is 11.4 Å². The van der Waals surface area contributed by atoms with Gasteiger partial charge in [0, 0.05) is 19.2 Å². The SMILES string of the molecule is O=C(COc1cc(Cl)c(Cl)cc1Cl)Nc1ccccc1N1CCCC1. The third-order valence-electron chi connectivity index (χ3n) is 3.96. The van der Waals surface area contributed by atoms with Crippen molar-refractivity contribution in [1.82, 2.24) is 0 Å². The van der Waals surface area contributed by atoms with Gasteiger partial charge in [0.05, 0.1) is 26.4 Å². The number of nitrogens with zero attached hydrogens (tertiary/aromatic N) is 1. The van der Waals surface area contributed by atoms with Crippen molar-refractivity contribution in [2.75, 3.05) is 29.9 Å². The molecule has 1 N–H and O–H groups in total. The van der Waals surface area contributed by atoms with E-state index < -0.39 is 0 Å². The molecule has 0 aromatic heterocycles. The van der Waals surface area contributed by atoms with Gasteiger partial charge >= 0.3 is 0 Å². The van der Waals surface area contributed by atoms with Crippen LogP contribution in [0.2, 0.25) is 15.1 Å². The summed E-state index contributed by atoms with van der Waals surface area (Å²) in [7, 11) is 0. The molecule has 0 aliphatic carbocycles. The summed E-state index contributed by atoms with van der Waals surface area (Å²) < 4.78 is 5.47. The van der Waals surface area contributed by atoms with Gasteiger partial charge in [0.15, 0.2) is 6.61 Å². The van der Waals surface area contributed by atoms with Gasteiger partial charge in [-0.15, -0.1) is 0 Å². The Morgan fingerprint density at radius 3 is 2.48 bits per heavy atom. The lowest BCUT2D eigenvalue weighted by molar-refractivity contribution is -0.118. The molecule has 2 aromatic carbocycles. The molecule has 0 spiro atoms. The van der Waals surface area contributed by atoms with Gasteiger partial charge in [-0.05, 0) is 31.0 Å². The Morgan fingerprint density at radius 1 is 1.04 bits per heavy atom. The van der Waals surface area contributed by atoms with Crippen molar-refractivity contribution in [2.45, 2.75) is 12.8 Å². The smallest absolute Gasteiger partial charge is 0.262 e. The molecule has 1 aliphatic rings. The highest BCUT2D eigenvalue weighted by Crippen LogP contribution is 2.34. The van der Waals surface area contributed by atoms with E-state index in [1.807, 2.05) is 24.3 Å². The van der Waals surface area contributed by atoms with Crippen LogP contribution in [0.25, 0.3) is 0 Å². The van der Waals surface area contributed by atoms with Gasteiger partial charge in [-0.25, -0.2) is 0 Å². The zero-order valence-corrected chi connectivity index (χ0v) is 15.7. The van der Waals surface area contributed by atoms with Crippen LogP contribution in [0.5, 0.6) is 5.75 Å². The molecular formula is C18H17Cl3N2O2. The number of hydrogen-bond acceptors (Lipinski definition) is 3. The number of ether oxygens (including phenoxy) is 1. The predicted octanol–water partition coefficient (Wildman–Crippen LogP) is 5.26. The van der Waals surface area contributed by atoms with Gasteiger partial charge in [0.25, 0.3) is 5.91 Å². The average molecular weight is 400 g/mol. The summed E-state index contributed by atoms with van der Waals surface area (Å²) >= 11 is 17.9. The van der Waals surface area contributed by atoms with Crippen LogP contribution in [-0.4, -0.2) is 25.6 Å². The number of carbonyl (C=O) groups excluding carboxylic acids is 1. The Bertz CT molecular complexity index is 777. The topological polar surface area (TPSA) is 41.6 Å². The largest absolute Gasteiger partial charge is 0.482 e. The van der Waals surface area contributed by atoms with Gasteiger partial charge in [-0.3, -0.25) is 4.79 Å². The molecule has 0 saturated carbocycles. The molecule has 2 aromatic rings. The van der Waals surface area contributed by atoms with Crippen LogP contribution in [-0.2, 0) is 4.79 Å². The van der Waals surface area contributed by atoms with Gasteiger partial charge in [-0.1, -0.05) is 46.9 Å². The van der Waals surface area contributed by atoms with Crippen molar-refractivity contribution >= 4 is 52.1 Å². The van der Waals surface area contributed by atoms with Crippen LogP contribution in [0.1, 0.15) is 12.8 Å². The lowest BCUT2D eigenvalue weighted by atomic mass is 10.2. The lowest BCUT2D eigenvalue weighted by Crippen LogP contribution is -2.24. The molecule has 0 atom stereocenters. The first-order chi connectivity index (χ1) is 12.0. The Kier molecular flexibility index (Phi) is 5.94. The van der Waals surface area contributed by atoms with Gasteiger partial charge in [0.1, 0.15) is 5.75 Å². The highest BCUT2D eigenvalue weighted by molar-refractivity contribution is 6.43. The highest BCUT2D eigenvalue weighted by atomic mass is 35.5. The first-order valence-corrected chi connectivity index (χ1v) is 9.09. The van der Waals surface area contributed by atoms with Crippen LogP contribution in [0.3, 0.4) is 0 Å². The normalized spacial score (nSPS) is 13.8. The molecule has 1 heterocycles. The summed E-state index contributed by atoms with van der Waals surface area (Å²) in [6, 6.07) is 10.7. The summed E-state index contributed by atoms with van der Waals surface area (Å²) in [5.74, 6) is 0.0489. The molecule has 3 rings (SSSR count). The van der Waals surface area contributed by atoms with Crippen molar-refractivity contribution in [2.24, 2.45) is 0 Å². The maximum absolute atomic E-state index is 12.3.